The van der Waals surface area contributed by atoms with Crippen LogP contribution in [0, 0.1) is 5.82 Å². The Labute approximate surface area is 110 Å². The van der Waals surface area contributed by atoms with Crippen molar-refractivity contribution in [3.8, 4) is 5.75 Å². The molecule has 1 unspecified atom stereocenters. The largest absolute Gasteiger partial charge is 0.497 e. The van der Waals surface area contributed by atoms with Crippen LogP contribution in [0.2, 0.25) is 0 Å². The maximum Gasteiger partial charge on any atom is 0.167 e. The van der Waals surface area contributed by atoms with Crippen LogP contribution in [0.25, 0.3) is 0 Å². The Morgan fingerprint density at radius 2 is 2.44 bits per heavy atom. The molecule has 0 radical (unpaired) electrons. The number of methoxy groups -OCH3 is 1. The first-order valence-corrected chi connectivity index (χ1v) is 7.04. The normalized spacial score (nSPS) is 19.6. The van der Waals surface area contributed by atoms with Crippen LogP contribution in [0.5, 0.6) is 5.75 Å². The summed E-state index contributed by atoms with van der Waals surface area (Å²) < 4.78 is 18.6. The predicted octanol–water partition coefficient (Wildman–Crippen LogP) is 2.11. The van der Waals surface area contributed by atoms with Crippen molar-refractivity contribution < 1.29 is 13.9 Å². The van der Waals surface area contributed by atoms with Crippen molar-refractivity contribution in [2.45, 2.75) is 12.5 Å². The van der Waals surface area contributed by atoms with Crippen molar-refractivity contribution in [3.05, 3.63) is 29.6 Å². The van der Waals surface area contributed by atoms with Crippen molar-refractivity contribution in [1.29, 1.82) is 0 Å². The molecule has 1 aromatic carbocycles. The smallest absolute Gasteiger partial charge is 0.167 e. The van der Waals surface area contributed by atoms with Gasteiger partial charge in [-0.05, 0) is 12.1 Å². The van der Waals surface area contributed by atoms with E-state index < -0.39 is 5.82 Å². The van der Waals surface area contributed by atoms with E-state index in [-0.39, 0.29) is 17.4 Å². The van der Waals surface area contributed by atoms with E-state index in [9.17, 15) is 9.18 Å². The molecule has 1 N–H and O–H groups in total. The molecule has 5 heteroatoms. The van der Waals surface area contributed by atoms with Gasteiger partial charge in [0, 0.05) is 36.6 Å². The van der Waals surface area contributed by atoms with Gasteiger partial charge in [0.1, 0.15) is 11.6 Å². The number of nitrogens with one attached hydrogen (secondary N) is 1. The van der Waals surface area contributed by atoms with Crippen LogP contribution >= 0.6 is 11.8 Å². The van der Waals surface area contributed by atoms with Crippen molar-refractivity contribution >= 4 is 17.5 Å². The Morgan fingerprint density at radius 3 is 3.06 bits per heavy atom. The van der Waals surface area contributed by atoms with E-state index in [4.69, 9.17) is 4.74 Å². The van der Waals surface area contributed by atoms with Gasteiger partial charge in [0.25, 0.3) is 0 Å². The average Bonchev–Trinajstić information content (AvgIpc) is 2.39. The van der Waals surface area contributed by atoms with Crippen molar-refractivity contribution in [2.24, 2.45) is 0 Å². The molecule has 0 aromatic heterocycles. The van der Waals surface area contributed by atoms with Gasteiger partial charge in [-0.1, -0.05) is 0 Å². The third kappa shape index (κ3) is 3.23. The number of ether oxygens (including phenoxy) is 1. The first-order valence-electron chi connectivity index (χ1n) is 5.88. The third-order valence-corrected chi connectivity index (χ3v) is 4.04. The Bertz CT molecular complexity index is 433. The zero-order valence-corrected chi connectivity index (χ0v) is 11.1. The summed E-state index contributed by atoms with van der Waals surface area (Å²) in [6.07, 6.45) is 0.344. The second-order valence-electron chi connectivity index (χ2n) is 4.20. The van der Waals surface area contributed by atoms with E-state index in [0.29, 0.717) is 12.2 Å². The molecule has 18 heavy (non-hydrogen) atoms. The Balaban J connectivity index is 2.03. The van der Waals surface area contributed by atoms with Crippen LogP contribution in [0.15, 0.2) is 18.2 Å². The number of ketones is 1. The summed E-state index contributed by atoms with van der Waals surface area (Å²) in [4.78, 5) is 12.0. The maximum atomic E-state index is 13.7. The Hall–Kier alpha value is -1.07. The molecule has 0 spiro atoms. The van der Waals surface area contributed by atoms with Crippen LogP contribution in [-0.2, 0) is 0 Å². The average molecular weight is 269 g/mol. The third-order valence-electron chi connectivity index (χ3n) is 2.91. The highest BCUT2D eigenvalue weighted by molar-refractivity contribution is 7.99. The van der Waals surface area contributed by atoms with Gasteiger partial charge in [0.05, 0.1) is 12.7 Å². The lowest BCUT2D eigenvalue weighted by molar-refractivity contribution is 0.0968. The zero-order chi connectivity index (χ0) is 13.0. The SMILES string of the molecule is COc1ccc(C(=O)CC2CSCCN2)c(F)c1. The number of hydrogen-bond donors (Lipinski definition) is 1. The Kier molecular flexibility index (Phi) is 4.60. The maximum absolute atomic E-state index is 13.7. The van der Waals surface area contributed by atoms with Crippen molar-refractivity contribution in [3.63, 3.8) is 0 Å². The van der Waals surface area contributed by atoms with Gasteiger partial charge in [-0.3, -0.25) is 4.79 Å². The summed E-state index contributed by atoms with van der Waals surface area (Å²) in [5, 5.41) is 3.27. The Morgan fingerprint density at radius 1 is 1.61 bits per heavy atom. The minimum atomic E-state index is -0.511. The van der Waals surface area contributed by atoms with Crippen LogP contribution in [0.4, 0.5) is 4.39 Å². The molecule has 1 saturated heterocycles. The lowest BCUT2D eigenvalue weighted by Crippen LogP contribution is -2.38. The van der Waals surface area contributed by atoms with E-state index in [1.807, 2.05) is 11.8 Å². The lowest BCUT2D eigenvalue weighted by Gasteiger charge is -2.22. The summed E-state index contributed by atoms with van der Waals surface area (Å²) >= 11 is 1.82. The van der Waals surface area contributed by atoms with Crippen LogP contribution in [-0.4, -0.2) is 37.0 Å². The molecule has 0 aliphatic carbocycles. The first-order chi connectivity index (χ1) is 8.70. The van der Waals surface area contributed by atoms with Crippen LogP contribution < -0.4 is 10.1 Å². The van der Waals surface area contributed by atoms with Gasteiger partial charge in [0.15, 0.2) is 5.78 Å². The molecular formula is C13H16FNO2S. The standard InChI is InChI=1S/C13H16FNO2S/c1-17-10-2-3-11(12(14)7-10)13(16)6-9-8-18-5-4-15-9/h2-3,7,9,15H,4-6,8H2,1H3. The highest BCUT2D eigenvalue weighted by atomic mass is 32.2. The molecular weight excluding hydrogens is 253 g/mol. The fourth-order valence-corrected chi connectivity index (χ4v) is 2.88. The van der Waals surface area contributed by atoms with E-state index >= 15 is 0 Å². The fraction of sp³-hybridized carbons (Fsp3) is 0.462. The number of carbonyl (C=O) groups is 1. The molecule has 1 aromatic rings. The molecule has 0 amide bonds. The van der Waals surface area contributed by atoms with Crippen LogP contribution in [0.1, 0.15) is 16.8 Å². The molecule has 98 valence electrons. The molecule has 1 atom stereocenters. The first kappa shape index (κ1) is 13.4. The fourth-order valence-electron chi connectivity index (χ4n) is 1.93. The van der Waals surface area contributed by atoms with Gasteiger partial charge in [0.2, 0.25) is 0 Å². The van der Waals surface area contributed by atoms with Gasteiger partial charge < -0.3 is 10.1 Å². The number of benzene rings is 1. The number of thioether (sulfide) groups is 1. The second-order valence-corrected chi connectivity index (χ2v) is 5.35. The van der Waals surface area contributed by atoms with Crippen molar-refractivity contribution in [1.82, 2.24) is 5.32 Å². The molecule has 1 aliphatic rings. The lowest BCUT2D eigenvalue weighted by atomic mass is 10.0. The summed E-state index contributed by atoms with van der Waals surface area (Å²) in [6.45, 7) is 0.910. The zero-order valence-electron chi connectivity index (χ0n) is 10.2. The number of carbonyl (C=O) groups excluding carboxylic acids is 1. The minimum absolute atomic E-state index is 0.146. The quantitative estimate of drug-likeness (QED) is 0.850. The highest BCUT2D eigenvalue weighted by Gasteiger charge is 2.20. The summed E-state index contributed by atoms with van der Waals surface area (Å²) in [5.74, 6) is 1.74. The van der Waals surface area contributed by atoms with E-state index in [1.165, 1.54) is 19.2 Å². The minimum Gasteiger partial charge on any atom is -0.497 e. The highest BCUT2D eigenvalue weighted by Crippen LogP contribution is 2.19. The topological polar surface area (TPSA) is 38.3 Å². The molecule has 0 bridgehead atoms. The van der Waals surface area contributed by atoms with E-state index in [2.05, 4.69) is 5.32 Å². The molecule has 1 fully saturated rings. The van der Waals surface area contributed by atoms with Gasteiger partial charge in [-0.15, -0.1) is 0 Å². The molecule has 0 saturated carbocycles. The van der Waals surface area contributed by atoms with Gasteiger partial charge in [-0.25, -0.2) is 4.39 Å². The summed E-state index contributed by atoms with van der Waals surface area (Å²) in [5.41, 5.74) is 0.146. The van der Waals surface area contributed by atoms with Crippen molar-refractivity contribution in [2.75, 3.05) is 25.2 Å². The number of Topliss-reactive ketones (excluding diaryl/α,β-unsaturated/α-hetero) is 1. The summed E-state index contributed by atoms with van der Waals surface area (Å²) in [6, 6.07) is 4.50. The van der Waals surface area contributed by atoms with E-state index in [0.717, 1.165) is 18.1 Å². The van der Waals surface area contributed by atoms with Gasteiger partial charge in [-0.2, -0.15) is 11.8 Å². The second kappa shape index (κ2) is 6.20. The number of rotatable bonds is 4. The van der Waals surface area contributed by atoms with E-state index in [1.54, 1.807) is 6.07 Å². The molecule has 2 rings (SSSR count). The van der Waals surface area contributed by atoms with Crippen LogP contribution in [0.3, 0.4) is 0 Å². The predicted molar refractivity (Wildman–Crippen MR) is 71.0 cm³/mol. The number of hydrogen-bond acceptors (Lipinski definition) is 4. The molecule has 1 heterocycles. The van der Waals surface area contributed by atoms with Gasteiger partial charge >= 0.3 is 0 Å². The monoisotopic (exact) mass is 269 g/mol. The molecule has 1 aliphatic heterocycles. The summed E-state index contributed by atoms with van der Waals surface area (Å²) in [7, 11) is 1.47. The molecule has 3 nitrogen and oxygen atoms in total. The number of halogens is 1.